The van der Waals surface area contributed by atoms with Crippen LogP contribution in [0.25, 0.3) is 0 Å². The van der Waals surface area contributed by atoms with Gasteiger partial charge in [0.25, 0.3) is 5.91 Å². The van der Waals surface area contributed by atoms with Gasteiger partial charge in [0, 0.05) is 18.6 Å². The highest BCUT2D eigenvalue weighted by Gasteiger charge is 2.15. The molecule has 1 aromatic rings. The molecule has 1 aromatic heterocycles. The summed E-state index contributed by atoms with van der Waals surface area (Å²) in [6.07, 6.45) is 1.24. The van der Waals surface area contributed by atoms with Gasteiger partial charge in [-0.3, -0.25) is 9.78 Å². The second kappa shape index (κ2) is 5.62. The second-order valence-corrected chi connectivity index (χ2v) is 3.35. The van der Waals surface area contributed by atoms with Crippen LogP contribution in [0.1, 0.15) is 16.8 Å². The minimum absolute atomic E-state index is 0.111. The van der Waals surface area contributed by atoms with Gasteiger partial charge in [0.1, 0.15) is 5.75 Å². The van der Waals surface area contributed by atoms with Crippen LogP contribution in [0.4, 0.5) is 0 Å². The number of carbonyl (C=O) groups is 3. The van der Waals surface area contributed by atoms with Crippen LogP contribution in [-0.4, -0.2) is 34.0 Å². The molecule has 0 bridgehead atoms. The summed E-state index contributed by atoms with van der Waals surface area (Å²) in [5.74, 6) is -4.57. The number of hydrogen-bond donors (Lipinski definition) is 2. The van der Waals surface area contributed by atoms with Crippen LogP contribution in [-0.2, 0) is 9.59 Å². The number of nitrogens with zero attached hydrogens (tertiary/aromatic N) is 1. The van der Waals surface area contributed by atoms with Crippen molar-refractivity contribution in [2.24, 2.45) is 0 Å². The fourth-order valence-corrected chi connectivity index (χ4v) is 1.15. The number of pyridine rings is 1. The van der Waals surface area contributed by atoms with E-state index in [2.05, 4.69) is 4.98 Å². The number of amides is 1. The lowest BCUT2D eigenvalue weighted by Gasteiger charge is -2.19. The molecule has 0 fully saturated rings. The fraction of sp³-hybridized carbons (Fsp3) is 0.200. The molecule has 1 heterocycles. The maximum atomic E-state index is 11.5. The molecule has 0 aliphatic carbocycles. The number of aliphatic carboxylic acids is 2. The van der Waals surface area contributed by atoms with Crippen LogP contribution < -0.4 is 15.5 Å². The molecule has 1 atom stereocenters. The van der Waals surface area contributed by atoms with Gasteiger partial charge in [0.2, 0.25) is 0 Å². The maximum Gasteiger partial charge on any atom is 0.253 e. The molecule has 1 amide bonds. The van der Waals surface area contributed by atoms with Gasteiger partial charge < -0.3 is 30.2 Å². The van der Waals surface area contributed by atoms with Gasteiger partial charge in [0.05, 0.1) is 23.8 Å². The lowest BCUT2D eigenvalue weighted by Crippen LogP contribution is -2.50. The highest BCUT2D eigenvalue weighted by atomic mass is 16.4. The Morgan fingerprint density at radius 1 is 1.33 bits per heavy atom. The van der Waals surface area contributed by atoms with Crippen molar-refractivity contribution in [1.29, 1.82) is 0 Å². The number of carboxylic acids is 2. The van der Waals surface area contributed by atoms with E-state index in [4.69, 9.17) is 5.11 Å². The Morgan fingerprint density at radius 3 is 2.50 bits per heavy atom. The monoisotopic (exact) mass is 252 g/mol. The zero-order valence-corrected chi connectivity index (χ0v) is 8.95. The van der Waals surface area contributed by atoms with Gasteiger partial charge in [-0.2, -0.15) is 0 Å². The number of nitrogens with one attached hydrogen (secondary N) is 1. The smallest absolute Gasteiger partial charge is 0.253 e. The van der Waals surface area contributed by atoms with Crippen molar-refractivity contribution < 1.29 is 29.7 Å². The van der Waals surface area contributed by atoms with Crippen molar-refractivity contribution in [2.45, 2.75) is 12.5 Å². The Kier molecular flexibility index (Phi) is 4.19. The summed E-state index contributed by atoms with van der Waals surface area (Å²) in [7, 11) is 0. The molecule has 0 aliphatic rings. The molecule has 0 saturated carbocycles. The SMILES string of the molecule is O=C([O-])CC(NC(=O)c1cncc(O)c1)C(=O)[O-]. The minimum atomic E-state index is -1.75. The fourth-order valence-electron chi connectivity index (χ4n) is 1.15. The molecule has 8 heteroatoms. The molecule has 8 nitrogen and oxygen atoms in total. The number of aromatic nitrogens is 1. The Balaban J connectivity index is 2.78. The molecular weight excluding hydrogens is 244 g/mol. The molecular formula is C10H8N2O6-2. The Bertz CT molecular complexity index is 487. The lowest BCUT2D eigenvalue weighted by molar-refractivity contribution is -0.317. The van der Waals surface area contributed by atoms with Crippen LogP contribution in [0.2, 0.25) is 0 Å². The van der Waals surface area contributed by atoms with E-state index in [1.165, 1.54) is 0 Å². The van der Waals surface area contributed by atoms with E-state index in [9.17, 15) is 24.6 Å². The third kappa shape index (κ3) is 3.74. The first-order valence-corrected chi connectivity index (χ1v) is 4.75. The quantitative estimate of drug-likeness (QED) is 0.561. The summed E-state index contributed by atoms with van der Waals surface area (Å²) in [4.78, 5) is 35.9. The number of carbonyl (C=O) groups excluding carboxylic acids is 3. The molecule has 1 rings (SSSR count). The van der Waals surface area contributed by atoms with Crippen molar-refractivity contribution in [3.8, 4) is 5.75 Å². The van der Waals surface area contributed by atoms with Crippen LogP contribution in [0.3, 0.4) is 0 Å². The zero-order chi connectivity index (χ0) is 13.7. The summed E-state index contributed by atoms with van der Waals surface area (Å²) in [6, 6.07) is -0.668. The zero-order valence-electron chi connectivity index (χ0n) is 8.95. The average molecular weight is 252 g/mol. The van der Waals surface area contributed by atoms with Gasteiger partial charge in [-0.15, -0.1) is 0 Å². The van der Waals surface area contributed by atoms with Crippen LogP contribution in [0, 0.1) is 0 Å². The summed E-state index contributed by atoms with van der Waals surface area (Å²) >= 11 is 0. The standard InChI is InChI=1S/C10H10N2O6/c13-6-1-5(3-11-4-6)9(16)12-7(10(17)18)2-8(14)15/h1,3-4,7,13H,2H2,(H,12,16)(H,14,15)(H,17,18)/p-2. The molecule has 0 aromatic carbocycles. The topological polar surface area (TPSA) is 142 Å². The summed E-state index contributed by atoms with van der Waals surface area (Å²) in [5.41, 5.74) is -0.111. The third-order valence-corrected chi connectivity index (χ3v) is 1.95. The van der Waals surface area contributed by atoms with E-state index >= 15 is 0 Å². The second-order valence-electron chi connectivity index (χ2n) is 3.35. The predicted octanol–water partition coefficient (Wildman–Crippen LogP) is -3.22. The van der Waals surface area contributed by atoms with Crippen molar-refractivity contribution in [3.63, 3.8) is 0 Å². The lowest BCUT2D eigenvalue weighted by atomic mass is 10.2. The molecule has 0 aliphatic heterocycles. The van der Waals surface area contributed by atoms with Crippen molar-refractivity contribution >= 4 is 17.8 Å². The number of hydrogen-bond acceptors (Lipinski definition) is 7. The molecule has 0 saturated heterocycles. The van der Waals surface area contributed by atoms with Crippen molar-refractivity contribution in [3.05, 3.63) is 24.0 Å². The van der Waals surface area contributed by atoms with Crippen LogP contribution in [0.5, 0.6) is 5.75 Å². The first kappa shape index (κ1) is 13.4. The van der Waals surface area contributed by atoms with Crippen molar-refractivity contribution in [1.82, 2.24) is 10.3 Å². The predicted molar refractivity (Wildman–Crippen MR) is 51.8 cm³/mol. The minimum Gasteiger partial charge on any atom is -0.550 e. The number of carboxylic acid groups (broad SMARTS) is 2. The van der Waals surface area contributed by atoms with E-state index in [1.54, 1.807) is 0 Å². The molecule has 0 spiro atoms. The highest BCUT2D eigenvalue weighted by molar-refractivity contribution is 5.97. The first-order chi connectivity index (χ1) is 8.40. The summed E-state index contributed by atoms with van der Waals surface area (Å²) < 4.78 is 0. The molecule has 96 valence electrons. The van der Waals surface area contributed by atoms with Gasteiger partial charge >= 0.3 is 0 Å². The van der Waals surface area contributed by atoms with Gasteiger partial charge in [-0.25, -0.2) is 0 Å². The largest absolute Gasteiger partial charge is 0.550 e. The van der Waals surface area contributed by atoms with Gasteiger partial charge in [0.15, 0.2) is 0 Å². The third-order valence-electron chi connectivity index (χ3n) is 1.95. The van der Waals surface area contributed by atoms with E-state index in [0.717, 1.165) is 18.5 Å². The van der Waals surface area contributed by atoms with E-state index in [1.807, 2.05) is 5.32 Å². The summed E-state index contributed by atoms with van der Waals surface area (Å²) in [5, 5.41) is 31.9. The Labute approximate surface area is 101 Å². The van der Waals surface area contributed by atoms with Crippen LogP contribution in [0.15, 0.2) is 18.5 Å². The average Bonchev–Trinajstić information content (AvgIpc) is 2.27. The summed E-state index contributed by atoms with van der Waals surface area (Å²) in [6.45, 7) is 0. The molecule has 2 N–H and O–H groups in total. The van der Waals surface area contributed by atoms with E-state index in [-0.39, 0.29) is 11.3 Å². The van der Waals surface area contributed by atoms with Crippen molar-refractivity contribution in [2.75, 3.05) is 0 Å². The first-order valence-electron chi connectivity index (χ1n) is 4.75. The Hall–Kier alpha value is -2.64. The van der Waals surface area contributed by atoms with Gasteiger partial charge in [-0.05, 0) is 6.07 Å². The highest BCUT2D eigenvalue weighted by Crippen LogP contribution is 2.08. The van der Waals surface area contributed by atoms with E-state index < -0.39 is 30.3 Å². The van der Waals surface area contributed by atoms with E-state index in [0.29, 0.717) is 0 Å². The normalized spacial score (nSPS) is 11.6. The van der Waals surface area contributed by atoms with Crippen LogP contribution >= 0.6 is 0 Å². The molecule has 18 heavy (non-hydrogen) atoms. The van der Waals surface area contributed by atoms with Gasteiger partial charge in [-0.1, -0.05) is 0 Å². The maximum absolute atomic E-state index is 11.5. The molecule has 0 radical (unpaired) electrons. The molecule has 1 unspecified atom stereocenters. The Morgan fingerprint density at radius 2 is 2.00 bits per heavy atom. The number of aromatic hydroxyl groups is 1. The number of rotatable bonds is 5.